The fourth-order valence-corrected chi connectivity index (χ4v) is 3.19. The number of carbonyl (C=O) groups excluding carboxylic acids is 1. The second kappa shape index (κ2) is 5.38. The summed E-state index contributed by atoms with van der Waals surface area (Å²) in [5, 5.41) is 0. The van der Waals surface area contributed by atoms with Crippen LogP contribution in [0.4, 0.5) is 17.6 Å². The summed E-state index contributed by atoms with van der Waals surface area (Å²) in [7, 11) is 0. The van der Waals surface area contributed by atoms with Crippen LogP contribution in [0.2, 0.25) is 0 Å². The quantitative estimate of drug-likeness (QED) is 0.711. The van der Waals surface area contributed by atoms with Gasteiger partial charge in [0.15, 0.2) is 0 Å². The second-order valence-electron chi connectivity index (χ2n) is 5.78. The molecule has 1 aliphatic rings. The lowest BCUT2D eigenvalue weighted by Gasteiger charge is -2.18. The summed E-state index contributed by atoms with van der Waals surface area (Å²) < 4.78 is 56.2. The molecule has 0 fully saturated rings. The predicted octanol–water partition coefficient (Wildman–Crippen LogP) is 3.19. The summed E-state index contributed by atoms with van der Waals surface area (Å²) in [5.41, 5.74) is 4.46. The van der Waals surface area contributed by atoms with Crippen molar-refractivity contribution in [3.05, 3.63) is 58.8 Å². The summed E-state index contributed by atoms with van der Waals surface area (Å²) >= 11 is 0. The standard InChI is InChI=1S/C17H10F4N4O/c18-8-3-10(16(22)26)15(12(4-8)17(19,20)21)9-5-14-24-1-2-25(14)13-7-23-6-11(9)13/h1-6H,7H2,(H2,22,26). The van der Waals surface area contributed by atoms with Crippen LogP contribution >= 0.6 is 0 Å². The third-order valence-electron chi connectivity index (χ3n) is 4.24. The van der Waals surface area contributed by atoms with Crippen LogP contribution in [0.15, 0.2) is 35.6 Å². The Morgan fingerprint density at radius 2 is 2.00 bits per heavy atom. The van der Waals surface area contributed by atoms with E-state index in [1.54, 1.807) is 10.6 Å². The molecule has 0 atom stereocenters. The molecule has 0 saturated carbocycles. The van der Waals surface area contributed by atoms with E-state index in [2.05, 4.69) is 9.98 Å². The molecule has 1 amide bonds. The summed E-state index contributed by atoms with van der Waals surface area (Å²) in [6.07, 6.45) is -0.288. The smallest absolute Gasteiger partial charge is 0.366 e. The fraction of sp³-hybridized carbons (Fsp3) is 0.118. The minimum Gasteiger partial charge on any atom is -0.366 e. The van der Waals surface area contributed by atoms with E-state index < -0.39 is 34.6 Å². The number of pyridine rings is 1. The van der Waals surface area contributed by atoms with E-state index in [0.717, 1.165) is 0 Å². The highest BCUT2D eigenvalue weighted by atomic mass is 19.4. The first kappa shape index (κ1) is 16.2. The number of rotatable bonds is 2. The molecule has 3 aromatic rings. The maximum atomic E-state index is 13.7. The van der Waals surface area contributed by atoms with Gasteiger partial charge in [-0.15, -0.1) is 0 Å². The molecule has 5 nitrogen and oxygen atoms in total. The number of aliphatic imine (C=N–C) groups is 1. The van der Waals surface area contributed by atoms with Crippen molar-refractivity contribution in [3.63, 3.8) is 0 Å². The van der Waals surface area contributed by atoms with Gasteiger partial charge in [0, 0.05) is 29.7 Å². The van der Waals surface area contributed by atoms with Crippen LogP contribution in [-0.4, -0.2) is 21.5 Å². The van der Waals surface area contributed by atoms with Gasteiger partial charge in [-0.25, -0.2) is 9.37 Å². The highest BCUT2D eigenvalue weighted by Gasteiger charge is 2.37. The Morgan fingerprint density at radius 1 is 1.23 bits per heavy atom. The van der Waals surface area contributed by atoms with Crippen molar-refractivity contribution >= 4 is 17.8 Å². The Bertz CT molecular complexity index is 1100. The first-order valence-corrected chi connectivity index (χ1v) is 7.47. The van der Waals surface area contributed by atoms with Crippen LogP contribution in [0.1, 0.15) is 27.2 Å². The van der Waals surface area contributed by atoms with Crippen molar-refractivity contribution in [3.8, 4) is 11.1 Å². The molecule has 0 bridgehead atoms. The number of amides is 1. The first-order chi connectivity index (χ1) is 12.3. The van der Waals surface area contributed by atoms with Crippen molar-refractivity contribution in [2.24, 2.45) is 10.7 Å². The second-order valence-corrected chi connectivity index (χ2v) is 5.78. The Kier molecular flexibility index (Phi) is 3.36. The van der Waals surface area contributed by atoms with Crippen LogP contribution < -0.4 is 5.73 Å². The number of aromatic nitrogens is 2. The zero-order chi connectivity index (χ0) is 18.6. The van der Waals surface area contributed by atoms with Gasteiger partial charge in [-0.05, 0) is 23.8 Å². The van der Waals surface area contributed by atoms with Gasteiger partial charge in [0.1, 0.15) is 11.5 Å². The SMILES string of the molecule is NC(=O)c1cc(F)cc(C(F)(F)F)c1-c1cc2nccn2c2c1C=NC2. The van der Waals surface area contributed by atoms with Gasteiger partial charge in [0.25, 0.3) is 0 Å². The summed E-state index contributed by atoms with van der Waals surface area (Å²) in [4.78, 5) is 20.0. The number of carbonyl (C=O) groups is 1. The van der Waals surface area contributed by atoms with Crippen molar-refractivity contribution in [2.45, 2.75) is 12.7 Å². The molecule has 0 radical (unpaired) electrons. The van der Waals surface area contributed by atoms with Gasteiger partial charge >= 0.3 is 6.18 Å². The molecule has 1 aliphatic heterocycles. The van der Waals surface area contributed by atoms with Crippen LogP contribution in [-0.2, 0) is 12.7 Å². The highest BCUT2D eigenvalue weighted by molar-refractivity contribution is 6.05. The molecule has 4 rings (SSSR count). The molecule has 132 valence electrons. The average molecular weight is 362 g/mol. The van der Waals surface area contributed by atoms with Gasteiger partial charge in [0.05, 0.1) is 23.4 Å². The number of alkyl halides is 3. The number of nitrogens with zero attached hydrogens (tertiary/aromatic N) is 3. The lowest BCUT2D eigenvalue weighted by atomic mass is 9.90. The zero-order valence-corrected chi connectivity index (χ0v) is 13.0. The van der Waals surface area contributed by atoms with Gasteiger partial charge in [-0.3, -0.25) is 9.79 Å². The van der Waals surface area contributed by atoms with Crippen LogP contribution in [0.25, 0.3) is 16.8 Å². The number of benzene rings is 1. The molecule has 0 unspecified atom stereocenters. The predicted molar refractivity (Wildman–Crippen MR) is 85.4 cm³/mol. The average Bonchev–Trinajstić information content (AvgIpc) is 3.20. The molecule has 0 aliphatic carbocycles. The van der Waals surface area contributed by atoms with E-state index in [-0.39, 0.29) is 12.1 Å². The molecule has 1 aromatic carbocycles. The third-order valence-corrected chi connectivity index (χ3v) is 4.24. The Hall–Kier alpha value is -3.23. The number of fused-ring (bicyclic) bond motifs is 3. The summed E-state index contributed by atoms with van der Waals surface area (Å²) in [6, 6.07) is 2.47. The molecule has 2 N–H and O–H groups in total. The van der Waals surface area contributed by atoms with E-state index >= 15 is 0 Å². The van der Waals surface area contributed by atoms with Crippen molar-refractivity contribution in [1.82, 2.24) is 9.38 Å². The zero-order valence-electron chi connectivity index (χ0n) is 13.0. The maximum absolute atomic E-state index is 13.7. The molecule has 0 spiro atoms. The summed E-state index contributed by atoms with van der Waals surface area (Å²) in [6.45, 7) is 0.254. The number of primary amides is 1. The van der Waals surface area contributed by atoms with Gasteiger partial charge in [0.2, 0.25) is 5.91 Å². The largest absolute Gasteiger partial charge is 0.417 e. The molecule has 3 heterocycles. The van der Waals surface area contributed by atoms with Crippen LogP contribution in [0, 0.1) is 5.82 Å². The normalized spacial score (nSPS) is 13.4. The number of halogens is 4. The van der Waals surface area contributed by atoms with E-state index in [0.29, 0.717) is 29.0 Å². The van der Waals surface area contributed by atoms with E-state index in [1.807, 2.05) is 0 Å². The number of hydrogen-bond donors (Lipinski definition) is 1. The molecule has 2 aromatic heterocycles. The van der Waals surface area contributed by atoms with E-state index in [4.69, 9.17) is 5.73 Å². The van der Waals surface area contributed by atoms with Gasteiger partial charge < -0.3 is 10.1 Å². The molecule has 0 saturated heterocycles. The minimum absolute atomic E-state index is 0.0843. The molecule has 9 heteroatoms. The number of nitrogens with two attached hydrogens (primary N) is 1. The lowest BCUT2D eigenvalue weighted by Crippen LogP contribution is -2.18. The topological polar surface area (TPSA) is 72.8 Å². The summed E-state index contributed by atoms with van der Waals surface area (Å²) in [5.74, 6) is -2.35. The maximum Gasteiger partial charge on any atom is 0.417 e. The van der Waals surface area contributed by atoms with Crippen LogP contribution in [0.5, 0.6) is 0 Å². The van der Waals surface area contributed by atoms with Crippen molar-refractivity contribution in [2.75, 3.05) is 0 Å². The van der Waals surface area contributed by atoms with Gasteiger partial charge in [-0.1, -0.05) is 0 Å². The lowest BCUT2D eigenvalue weighted by molar-refractivity contribution is -0.137. The monoisotopic (exact) mass is 362 g/mol. The highest BCUT2D eigenvalue weighted by Crippen LogP contribution is 2.42. The Balaban J connectivity index is 2.16. The molecular weight excluding hydrogens is 352 g/mol. The molecule has 26 heavy (non-hydrogen) atoms. The Morgan fingerprint density at radius 3 is 2.69 bits per heavy atom. The Labute approximate surface area is 143 Å². The van der Waals surface area contributed by atoms with E-state index in [9.17, 15) is 22.4 Å². The fourth-order valence-electron chi connectivity index (χ4n) is 3.19. The van der Waals surface area contributed by atoms with Crippen molar-refractivity contribution in [1.29, 1.82) is 0 Å². The first-order valence-electron chi connectivity index (χ1n) is 7.47. The van der Waals surface area contributed by atoms with Gasteiger partial charge in [-0.2, -0.15) is 13.2 Å². The molecular formula is C17H10F4N4O. The number of imidazole rings is 1. The third kappa shape index (κ3) is 2.35. The minimum atomic E-state index is -4.88. The number of hydrogen-bond acceptors (Lipinski definition) is 3. The van der Waals surface area contributed by atoms with Crippen molar-refractivity contribution < 1.29 is 22.4 Å². The van der Waals surface area contributed by atoms with Crippen LogP contribution in [0.3, 0.4) is 0 Å². The van der Waals surface area contributed by atoms with E-state index in [1.165, 1.54) is 18.5 Å².